The summed E-state index contributed by atoms with van der Waals surface area (Å²) in [5, 5.41) is 15.6. The van der Waals surface area contributed by atoms with Crippen molar-refractivity contribution in [3.63, 3.8) is 0 Å². The van der Waals surface area contributed by atoms with Gasteiger partial charge in [0.1, 0.15) is 11.0 Å². The van der Waals surface area contributed by atoms with Crippen LogP contribution >= 0.6 is 11.3 Å². The van der Waals surface area contributed by atoms with E-state index < -0.39 is 24.0 Å². The van der Waals surface area contributed by atoms with Gasteiger partial charge in [-0.05, 0) is 17.4 Å². The number of thiophene rings is 1. The van der Waals surface area contributed by atoms with Crippen LogP contribution in [0.1, 0.15) is 24.2 Å². The van der Waals surface area contributed by atoms with E-state index in [1.165, 1.54) is 13.2 Å². The Hall–Kier alpha value is -2.09. The molecular formula is C12H16N2O5S. The lowest BCUT2D eigenvalue weighted by Gasteiger charge is -2.19. The van der Waals surface area contributed by atoms with Crippen molar-refractivity contribution >= 4 is 34.3 Å². The summed E-state index contributed by atoms with van der Waals surface area (Å²) in [5.41, 5.74) is 0.00400. The van der Waals surface area contributed by atoms with Crippen LogP contribution in [0.2, 0.25) is 0 Å². The Kier molecular flexibility index (Phi) is 5.51. The number of aromatic carboxylic acids is 1. The highest BCUT2D eigenvalue weighted by molar-refractivity contribution is 7.14. The molecule has 1 heterocycles. The third kappa shape index (κ3) is 3.95. The van der Waals surface area contributed by atoms with Crippen molar-refractivity contribution in [2.45, 2.75) is 19.9 Å². The fourth-order valence-corrected chi connectivity index (χ4v) is 2.25. The molecule has 1 rings (SSSR count). The van der Waals surface area contributed by atoms with Gasteiger partial charge in [-0.3, -0.25) is 5.32 Å². The van der Waals surface area contributed by atoms with Crippen molar-refractivity contribution in [2.24, 2.45) is 5.92 Å². The maximum absolute atomic E-state index is 11.8. The number of carboxylic acids is 1. The average Bonchev–Trinajstić information content (AvgIpc) is 2.82. The number of ether oxygens (including phenoxy) is 1. The first-order chi connectivity index (χ1) is 9.36. The molecule has 0 aliphatic heterocycles. The molecule has 0 saturated carbocycles. The van der Waals surface area contributed by atoms with E-state index in [1.807, 2.05) is 0 Å². The number of hydrogen-bond donors (Lipinski definition) is 3. The predicted octanol–water partition coefficient (Wildman–Crippen LogP) is 1.77. The first-order valence-corrected chi connectivity index (χ1v) is 6.71. The number of rotatable bonds is 5. The second-order valence-corrected chi connectivity index (χ2v) is 5.23. The Balaban J connectivity index is 2.73. The van der Waals surface area contributed by atoms with E-state index in [2.05, 4.69) is 15.4 Å². The molecule has 0 aliphatic carbocycles. The molecule has 0 bridgehead atoms. The zero-order valence-electron chi connectivity index (χ0n) is 11.3. The molecule has 20 heavy (non-hydrogen) atoms. The van der Waals surface area contributed by atoms with Crippen molar-refractivity contribution in [1.29, 1.82) is 0 Å². The molecule has 7 nitrogen and oxygen atoms in total. The second-order valence-electron chi connectivity index (χ2n) is 4.31. The molecular weight excluding hydrogens is 284 g/mol. The van der Waals surface area contributed by atoms with E-state index >= 15 is 0 Å². The number of anilines is 1. The van der Waals surface area contributed by atoms with Gasteiger partial charge in [0.25, 0.3) is 0 Å². The molecule has 1 aromatic rings. The van der Waals surface area contributed by atoms with Crippen LogP contribution in [0.4, 0.5) is 9.80 Å². The van der Waals surface area contributed by atoms with Crippen molar-refractivity contribution in [3.8, 4) is 0 Å². The summed E-state index contributed by atoms with van der Waals surface area (Å²) in [7, 11) is 1.24. The average molecular weight is 300 g/mol. The molecule has 110 valence electrons. The number of amides is 2. The molecule has 1 unspecified atom stereocenters. The summed E-state index contributed by atoms with van der Waals surface area (Å²) < 4.78 is 4.60. The Bertz CT molecular complexity index is 512. The van der Waals surface area contributed by atoms with Crippen LogP contribution in [0.5, 0.6) is 0 Å². The van der Waals surface area contributed by atoms with Gasteiger partial charge in [0.05, 0.1) is 12.7 Å². The van der Waals surface area contributed by atoms with E-state index in [4.69, 9.17) is 5.11 Å². The number of methoxy groups -OCH3 is 1. The number of carbonyl (C=O) groups is 3. The minimum absolute atomic E-state index is 0.00400. The maximum Gasteiger partial charge on any atom is 0.338 e. The SMILES string of the molecule is COC(=O)C(NC(=O)Nc1sccc1C(=O)O)C(C)C. The first-order valence-electron chi connectivity index (χ1n) is 5.83. The summed E-state index contributed by atoms with van der Waals surface area (Å²) in [6, 6.07) is -0.0599. The number of nitrogens with one attached hydrogen (secondary N) is 2. The normalized spacial score (nSPS) is 11.8. The van der Waals surface area contributed by atoms with Crippen molar-refractivity contribution in [2.75, 3.05) is 12.4 Å². The van der Waals surface area contributed by atoms with Gasteiger partial charge in [-0.2, -0.15) is 0 Å². The van der Waals surface area contributed by atoms with Gasteiger partial charge in [0, 0.05) is 0 Å². The van der Waals surface area contributed by atoms with E-state index in [0.29, 0.717) is 0 Å². The number of esters is 1. The third-order valence-electron chi connectivity index (χ3n) is 2.53. The molecule has 0 fully saturated rings. The van der Waals surface area contributed by atoms with Crippen LogP contribution in [-0.4, -0.2) is 36.2 Å². The summed E-state index contributed by atoms with van der Waals surface area (Å²) in [4.78, 5) is 34.2. The standard InChI is InChI=1S/C12H16N2O5S/c1-6(2)8(11(17)19-3)13-12(18)14-9-7(10(15)16)4-5-20-9/h4-6,8H,1-3H3,(H,15,16)(H2,13,14,18). The third-order valence-corrected chi connectivity index (χ3v) is 3.36. The van der Waals surface area contributed by atoms with Crippen LogP contribution in [0.25, 0.3) is 0 Å². The lowest BCUT2D eigenvalue weighted by Crippen LogP contribution is -2.46. The van der Waals surface area contributed by atoms with E-state index in [0.717, 1.165) is 11.3 Å². The topological polar surface area (TPSA) is 105 Å². The van der Waals surface area contributed by atoms with Gasteiger partial charge >= 0.3 is 18.0 Å². The van der Waals surface area contributed by atoms with Crippen LogP contribution in [0.15, 0.2) is 11.4 Å². The van der Waals surface area contributed by atoms with Gasteiger partial charge < -0.3 is 15.2 Å². The maximum atomic E-state index is 11.8. The Morgan fingerprint density at radius 2 is 2.00 bits per heavy atom. The number of carboxylic acid groups (broad SMARTS) is 1. The van der Waals surface area contributed by atoms with Crippen LogP contribution < -0.4 is 10.6 Å². The van der Waals surface area contributed by atoms with Gasteiger partial charge in [-0.15, -0.1) is 11.3 Å². The molecule has 0 saturated heterocycles. The highest BCUT2D eigenvalue weighted by atomic mass is 32.1. The van der Waals surface area contributed by atoms with Crippen LogP contribution in [0.3, 0.4) is 0 Å². The molecule has 0 spiro atoms. The molecule has 3 N–H and O–H groups in total. The van der Waals surface area contributed by atoms with Crippen molar-refractivity contribution in [3.05, 3.63) is 17.0 Å². The number of carbonyl (C=O) groups excluding carboxylic acids is 2. The largest absolute Gasteiger partial charge is 0.478 e. The zero-order chi connectivity index (χ0) is 15.3. The minimum Gasteiger partial charge on any atom is -0.478 e. The van der Waals surface area contributed by atoms with Crippen LogP contribution in [-0.2, 0) is 9.53 Å². The van der Waals surface area contributed by atoms with E-state index in [1.54, 1.807) is 19.2 Å². The quantitative estimate of drug-likeness (QED) is 0.719. The fraction of sp³-hybridized carbons (Fsp3) is 0.417. The Morgan fingerprint density at radius 3 is 2.50 bits per heavy atom. The molecule has 8 heteroatoms. The highest BCUT2D eigenvalue weighted by Crippen LogP contribution is 2.23. The van der Waals surface area contributed by atoms with E-state index in [-0.39, 0.29) is 16.5 Å². The monoisotopic (exact) mass is 300 g/mol. The fourth-order valence-electron chi connectivity index (χ4n) is 1.48. The summed E-state index contributed by atoms with van der Waals surface area (Å²) in [6.45, 7) is 3.52. The molecule has 0 aliphatic rings. The number of hydrogen-bond acceptors (Lipinski definition) is 5. The molecule has 0 radical (unpaired) electrons. The predicted molar refractivity (Wildman–Crippen MR) is 74.1 cm³/mol. The molecule has 2 amide bonds. The Labute approximate surface area is 119 Å². The molecule has 1 aromatic heterocycles. The summed E-state index contributed by atoms with van der Waals surface area (Å²) >= 11 is 1.09. The van der Waals surface area contributed by atoms with Gasteiger partial charge in [0.2, 0.25) is 0 Å². The number of urea groups is 1. The van der Waals surface area contributed by atoms with Gasteiger partial charge in [-0.25, -0.2) is 14.4 Å². The van der Waals surface area contributed by atoms with E-state index in [9.17, 15) is 14.4 Å². The smallest absolute Gasteiger partial charge is 0.338 e. The van der Waals surface area contributed by atoms with Crippen molar-refractivity contribution < 1.29 is 24.2 Å². The Morgan fingerprint density at radius 1 is 1.35 bits per heavy atom. The van der Waals surface area contributed by atoms with Gasteiger partial charge in [0.15, 0.2) is 0 Å². The minimum atomic E-state index is -1.13. The van der Waals surface area contributed by atoms with Gasteiger partial charge in [-0.1, -0.05) is 13.8 Å². The highest BCUT2D eigenvalue weighted by Gasteiger charge is 2.25. The summed E-state index contributed by atoms with van der Waals surface area (Å²) in [6.07, 6.45) is 0. The molecule has 1 atom stereocenters. The van der Waals surface area contributed by atoms with Crippen molar-refractivity contribution in [1.82, 2.24) is 5.32 Å². The lowest BCUT2D eigenvalue weighted by atomic mass is 10.1. The lowest BCUT2D eigenvalue weighted by molar-refractivity contribution is -0.143. The first kappa shape index (κ1) is 16.0. The summed E-state index contributed by atoms with van der Waals surface area (Å²) in [5.74, 6) is -1.84. The zero-order valence-corrected chi connectivity index (χ0v) is 12.1. The molecule has 0 aromatic carbocycles. The second kappa shape index (κ2) is 6.90. The van der Waals surface area contributed by atoms with Crippen LogP contribution in [0, 0.1) is 5.92 Å².